The number of rotatable bonds is 11. The van der Waals surface area contributed by atoms with E-state index < -0.39 is 29.9 Å². The van der Waals surface area contributed by atoms with Gasteiger partial charge in [0, 0.05) is 25.8 Å². The molecule has 0 aliphatic carbocycles. The SMILES string of the molecule is O=C(CCCCCCC(=O)N1Cc2ccccc2C[C@H]1C(=O)NC(C(=O)O)c1ccccc1)NO. The molecular formula is C26H31N3O6. The Balaban J connectivity index is 1.67. The van der Waals surface area contributed by atoms with E-state index in [4.69, 9.17) is 5.21 Å². The second kappa shape index (κ2) is 12.7. The van der Waals surface area contributed by atoms with Crippen LogP contribution in [0, 0.1) is 0 Å². The summed E-state index contributed by atoms with van der Waals surface area (Å²) in [6.45, 7) is 0.285. The van der Waals surface area contributed by atoms with E-state index in [2.05, 4.69) is 5.32 Å². The maximum Gasteiger partial charge on any atom is 0.330 e. The number of hydroxylamine groups is 1. The minimum Gasteiger partial charge on any atom is -0.479 e. The summed E-state index contributed by atoms with van der Waals surface area (Å²) in [4.78, 5) is 50.9. The fourth-order valence-corrected chi connectivity index (χ4v) is 4.31. The summed E-state index contributed by atoms with van der Waals surface area (Å²) in [7, 11) is 0. The molecule has 186 valence electrons. The van der Waals surface area contributed by atoms with Crippen LogP contribution >= 0.6 is 0 Å². The number of hydrogen-bond donors (Lipinski definition) is 4. The van der Waals surface area contributed by atoms with E-state index in [1.54, 1.807) is 40.7 Å². The number of unbranched alkanes of at least 4 members (excludes halogenated alkanes) is 3. The number of carboxylic acids is 1. The minimum absolute atomic E-state index is 0.167. The molecule has 4 N–H and O–H groups in total. The van der Waals surface area contributed by atoms with Gasteiger partial charge in [-0.1, -0.05) is 67.4 Å². The van der Waals surface area contributed by atoms with Gasteiger partial charge in [-0.15, -0.1) is 0 Å². The highest BCUT2D eigenvalue weighted by Crippen LogP contribution is 2.25. The third kappa shape index (κ3) is 7.13. The van der Waals surface area contributed by atoms with Crippen molar-refractivity contribution in [1.82, 2.24) is 15.7 Å². The zero-order valence-electron chi connectivity index (χ0n) is 19.5. The van der Waals surface area contributed by atoms with Gasteiger partial charge in [-0.25, -0.2) is 10.3 Å². The zero-order chi connectivity index (χ0) is 25.2. The second-order valence-electron chi connectivity index (χ2n) is 8.65. The Morgan fingerprint density at radius 3 is 2.17 bits per heavy atom. The fourth-order valence-electron chi connectivity index (χ4n) is 4.31. The maximum atomic E-state index is 13.3. The maximum absolute atomic E-state index is 13.3. The summed E-state index contributed by atoms with van der Waals surface area (Å²) in [5.74, 6) is -2.27. The van der Waals surface area contributed by atoms with Crippen LogP contribution < -0.4 is 10.8 Å². The van der Waals surface area contributed by atoms with Crippen molar-refractivity contribution in [3.63, 3.8) is 0 Å². The number of hydrogen-bond acceptors (Lipinski definition) is 5. The van der Waals surface area contributed by atoms with Crippen LogP contribution in [-0.4, -0.2) is 44.9 Å². The number of carbonyl (C=O) groups is 4. The van der Waals surface area contributed by atoms with Crippen LogP contribution in [0.4, 0.5) is 0 Å². The van der Waals surface area contributed by atoms with Crippen LogP contribution in [0.5, 0.6) is 0 Å². The van der Waals surface area contributed by atoms with E-state index in [1.807, 2.05) is 24.3 Å². The van der Waals surface area contributed by atoms with Crippen LogP contribution in [0.3, 0.4) is 0 Å². The molecule has 1 aliphatic rings. The molecule has 0 fully saturated rings. The molecule has 3 amide bonds. The Kier molecular flexibility index (Phi) is 9.37. The largest absolute Gasteiger partial charge is 0.479 e. The second-order valence-corrected chi connectivity index (χ2v) is 8.65. The first kappa shape index (κ1) is 25.9. The van der Waals surface area contributed by atoms with E-state index in [0.29, 0.717) is 24.8 Å². The topological polar surface area (TPSA) is 136 Å². The molecule has 0 radical (unpaired) electrons. The molecule has 1 heterocycles. The molecule has 0 aromatic heterocycles. The number of amides is 3. The first-order valence-corrected chi connectivity index (χ1v) is 11.8. The lowest BCUT2D eigenvalue weighted by Gasteiger charge is -2.36. The molecule has 2 aromatic carbocycles. The monoisotopic (exact) mass is 481 g/mol. The van der Waals surface area contributed by atoms with Gasteiger partial charge in [0.1, 0.15) is 6.04 Å². The van der Waals surface area contributed by atoms with Gasteiger partial charge in [0.2, 0.25) is 17.7 Å². The van der Waals surface area contributed by atoms with E-state index in [-0.39, 0.29) is 25.3 Å². The first-order chi connectivity index (χ1) is 16.9. The Labute approximate surface area is 204 Å². The van der Waals surface area contributed by atoms with Crippen molar-refractivity contribution in [3.05, 3.63) is 71.3 Å². The van der Waals surface area contributed by atoms with Crippen molar-refractivity contribution < 1.29 is 29.5 Å². The summed E-state index contributed by atoms with van der Waals surface area (Å²) >= 11 is 0. The van der Waals surface area contributed by atoms with E-state index in [0.717, 1.165) is 24.0 Å². The molecule has 2 aromatic rings. The summed E-state index contributed by atoms with van der Waals surface area (Å²) in [6.07, 6.45) is 3.48. The average Bonchev–Trinajstić information content (AvgIpc) is 2.88. The quantitative estimate of drug-likeness (QED) is 0.221. The van der Waals surface area contributed by atoms with Gasteiger partial charge in [-0.3, -0.25) is 19.6 Å². The Hall–Kier alpha value is -3.72. The number of nitrogens with one attached hydrogen (secondary N) is 2. The molecule has 0 saturated carbocycles. The van der Waals surface area contributed by atoms with Gasteiger partial charge in [0.05, 0.1) is 0 Å². The van der Waals surface area contributed by atoms with Gasteiger partial charge < -0.3 is 15.3 Å². The van der Waals surface area contributed by atoms with Crippen molar-refractivity contribution in [2.75, 3.05) is 0 Å². The fraction of sp³-hybridized carbons (Fsp3) is 0.385. The summed E-state index contributed by atoms with van der Waals surface area (Å²) in [5, 5.41) is 20.9. The number of carboxylic acid groups (broad SMARTS) is 1. The number of aliphatic carboxylic acids is 1. The lowest BCUT2D eigenvalue weighted by Crippen LogP contribution is -2.53. The van der Waals surface area contributed by atoms with E-state index in [1.165, 1.54) is 0 Å². The Morgan fingerprint density at radius 2 is 1.51 bits per heavy atom. The highest BCUT2D eigenvalue weighted by molar-refractivity contribution is 5.91. The molecule has 35 heavy (non-hydrogen) atoms. The van der Waals surface area contributed by atoms with Gasteiger partial charge in [-0.2, -0.15) is 0 Å². The van der Waals surface area contributed by atoms with Crippen molar-refractivity contribution in [1.29, 1.82) is 0 Å². The Morgan fingerprint density at radius 1 is 0.886 bits per heavy atom. The third-order valence-corrected chi connectivity index (χ3v) is 6.21. The van der Waals surface area contributed by atoms with Gasteiger partial charge in [0.25, 0.3) is 0 Å². The zero-order valence-corrected chi connectivity index (χ0v) is 19.5. The lowest BCUT2D eigenvalue weighted by molar-refractivity contribution is -0.145. The predicted octanol–water partition coefficient (Wildman–Crippen LogP) is 2.73. The molecule has 0 saturated heterocycles. The van der Waals surface area contributed by atoms with Gasteiger partial charge in [0.15, 0.2) is 6.04 Å². The van der Waals surface area contributed by atoms with Crippen LogP contribution in [0.2, 0.25) is 0 Å². The van der Waals surface area contributed by atoms with Crippen molar-refractivity contribution >= 4 is 23.7 Å². The van der Waals surface area contributed by atoms with E-state index in [9.17, 15) is 24.3 Å². The number of fused-ring (bicyclic) bond motifs is 1. The molecule has 9 heteroatoms. The molecule has 9 nitrogen and oxygen atoms in total. The standard InChI is InChI=1S/C26H31N3O6/c30-22(28-35)14-6-1-2-7-15-23(31)29-17-20-13-9-8-12-19(20)16-21(29)25(32)27-24(26(33)34)18-10-4-3-5-11-18/h3-5,8-13,21,24,35H,1-2,6-7,14-17H2,(H,27,32)(H,28,30)(H,33,34)/t21-,24?/m0/s1. The van der Waals surface area contributed by atoms with Crippen LogP contribution in [-0.2, 0) is 32.1 Å². The summed E-state index contributed by atoms with van der Waals surface area (Å²) in [6, 6.07) is 14.1. The number of nitrogens with zero attached hydrogens (tertiary/aromatic N) is 1. The molecule has 1 aliphatic heterocycles. The van der Waals surface area contributed by atoms with Crippen LogP contribution in [0.25, 0.3) is 0 Å². The highest BCUT2D eigenvalue weighted by Gasteiger charge is 2.36. The summed E-state index contributed by atoms with van der Waals surface area (Å²) in [5.41, 5.74) is 3.99. The first-order valence-electron chi connectivity index (χ1n) is 11.8. The van der Waals surface area contributed by atoms with E-state index >= 15 is 0 Å². The molecule has 3 rings (SSSR count). The molecule has 0 spiro atoms. The number of benzene rings is 2. The molecule has 0 bridgehead atoms. The lowest BCUT2D eigenvalue weighted by atomic mass is 9.92. The van der Waals surface area contributed by atoms with Gasteiger partial charge >= 0.3 is 5.97 Å². The molecular weight excluding hydrogens is 450 g/mol. The molecule has 2 atom stereocenters. The van der Waals surface area contributed by atoms with Crippen molar-refractivity contribution in [3.8, 4) is 0 Å². The minimum atomic E-state index is -1.21. The predicted molar refractivity (Wildman–Crippen MR) is 127 cm³/mol. The summed E-state index contributed by atoms with van der Waals surface area (Å²) < 4.78 is 0. The Bertz CT molecular complexity index is 1040. The highest BCUT2D eigenvalue weighted by atomic mass is 16.5. The van der Waals surface area contributed by atoms with Crippen LogP contribution in [0.1, 0.15) is 61.3 Å². The third-order valence-electron chi connectivity index (χ3n) is 6.21. The molecule has 1 unspecified atom stereocenters. The van der Waals surface area contributed by atoms with Crippen molar-refractivity contribution in [2.45, 2.75) is 63.6 Å². The van der Waals surface area contributed by atoms with Crippen molar-refractivity contribution in [2.24, 2.45) is 0 Å². The number of carbonyl (C=O) groups excluding carboxylic acids is 3. The average molecular weight is 482 g/mol. The smallest absolute Gasteiger partial charge is 0.330 e. The normalized spacial score (nSPS) is 15.6. The van der Waals surface area contributed by atoms with Crippen LogP contribution in [0.15, 0.2) is 54.6 Å². The van der Waals surface area contributed by atoms with Gasteiger partial charge in [-0.05, 0) is 29.5 Å².